The van der Waals surface area contributed by atoms with Crippen molar-refractivity contribution in [2.75, 3.05) is 32.5 Å². The highest BCUT2D eigenvalue weighted by Crippen LogP contribution is 2.11. The highest BCUT2D eigenvalue weighted by Gasteiger charge is 2.10. The minimum absolute atomic E-state index is 0.0621. The predicted octanol–water partition coefficient (Wildman–Crippen LogP) is 1.27. The molecule has 0 radical (unpaired) electrons. The molecular weight excluding hydrogens is 296 g/mol. The smallest absolute Gasteiger partial charge is 0.335 e. The molecule has 0 saturated carbocycles. The quantitative estimate of drug-likeness (QED) is 0.379. The lowest BCUT2D eigenvalue weighted by Crippen LogP contribution is -2.20. The molecule has 0 unspecified atom stereocenters. The molecule has 0 saturated heterocycles. The van der Waals surface area contributed by atoms with Crippen LogP contribution in [-0.4, -0.2) is 49.1 Å². The van der Waals surface area contributed by atoms with Gasteiger partial charge in [-0.2, -0.15) is 5.26 Å². The second-order valence-electron chi connectivity index (χ2n) is 5.12. The zero-order valence-corrected chi connectivity index (χ0v) is 13.2. The van der Waals surface area contributed by atoms with Crippen LogP contribution in [0.5, 0.6) is 0 Å². The Morgan fingerprint density at radius 2 is 2.13 bits per heavy atom. The Morgan fingerprint density at radius 3 is 2.74 bits per heavy atom. The molecule has 122 valence electrons. The first-order valence-electron chi connectivity index (χ1n) is 7.07. The molecule has 1 aromatic carbocycles. The van der Waals surface area contributed by atoms with Crippen molar-refractivity contribution < 1.29 is 14.7 Å². The van der Waals surface area contributed by atoms with Crippen LogP contribution >= 0.6 is 0 Å². The van der Waals surface area contributed by atoms with Gasteiger partial charge in [-0.3, -0.25) is 4.79 Å². The van der Waals surface area contributed by atoms with E-state index in [1.54, 1.807) is 6.07 Å². The molecule has 3 N–H and O–H groups in total. The molecule has 1 amide bonds. The molecule has 1 rings (SSSR count). The van der Waals surface area contributed by atoms with E-state index in [0.29, 0.717) is 12.2 Å². The number of hydrogen-bond donors (Lipinski definition) is 3. The van der Waals surface area contributed by atoms with Crippen molar-refractivity contribution in [2.24, 2.45) is 0 Å². The Balaban J connectivity index is 2.61. The largest absolute Gasteiger partial charge is 0.478 e. The first-order valence-corrected chi connectivity index (χ1v) is 7.07. The third kappa shape index (κ3) is 6.63. The van der Waals surface area contributed by atoms with E-state index in [4.69, 9.17) is 10.4 Å². The Kier molecular flexibility index (Phi) is 7.30. The second kappa shape index (κ2) is 9.23. The normalized spacial score (nSPS) is 11.0. The van der Waals surface area contributed by atoms with Gasteiger partial charge in [-0.05, 0) is 45.3 Å². The summed E-state index contributed by atoms with van der Waals surface area (Å²) in [5.74, 6) is -1.67. The topological polar surface area (TPSA) is 105 Å². The molecule has 0 atom stereocenters. The fourth-order valence-corrected chi connectivity index (χ4v) is 1.75. The summed E-state index contributed by atoms with van der Waals surface area (Å²) in [7, 11) is 3.93. The molecule has 0 aliphatic rings. The monoisotopic (exact) mass is 316 g/mol. The summed E-state index contributed by atoms with van der Waals surface area (Å²) in [5, 5.41) is 23.4. The summed E-state index contributed by atoms with van der Waals surface area (Å²) < 4.78 is 0. The fraction of sp³-hybridized carbons (Fsp3) is 0.312. The number of carbonyl (C=O) groups is 2. The summed E-state index contributed by atoms with van der Waals surface area (Å²) in [6.45, 7) is 1.54. The number of carboxylic acid groups (broad SMARTS) is 1. The van der Waals surface area contributed by atoms with Crippen LogP contribution in [0, 0.1) is 11.3 Å². The highest BCUT2D eigenvalue weighted by molar-refractivity contribution is 6.06. The molecule has 0 aliphatic heterocycles. The number of benzene rings is 1. The number of amides is 1. The maximum Gasteiger partial charge on any atom is 0.335 e. The van der Waals surface area contributed by atoms with E-state index < -0.39 is 11.9 Å². The second-order valence-corrected chi connectivity index (χ2v) is 5.12. The minimum Gasteiger partial charge on any atom is -0.478 e. The Morgan fingerprint density at radius 1 is 1.39 bits per heavy atom. The van der Waals surface area contributed by atoms with Crippen molar-refractivity contribution >= 4 is 17.6 Å². The average molecular weight is 316 g/mol. The van der Waals surface area contributed by atoms with Gasteiger partial charge in [0, 0.05) is 18.4 Å². The van der Waals surface area contributed by atoms with Gasteiger partial charge >= 0.3 is 5.97 Å². The Bertz CT molecular complexity index is 632. The van der Waals surface area contributed by atoms with Crippen LogP contribution in [0.4, 0.5) is 5.69 Å². The van der Waals surface area contributed by atoms with Crippen LogP contribution in [0.25, 0.3) is 0 Å². The predicted molar refractivity (Wildman–Crippen MR) is 86.9 cm³/mol. The zero-order chi connectivity index (χ0) is 17.2. The third-order valence-electron chi connectivity index (χ3n) is 2.91. The lowest BCUT2D eigenvalue weighted by Gasteiger charge is -2.09. The molecule has 0 fully saturated rings. The van der Waals surface area contributed by atoms with E-state index >= 15 is 0 Å². The van der Waals surface area contributed by atoms with Crippen molar-refractivity contribution in [1.82, 2.24) is 10.2 Å². The molecular formula is C16H20N4O3. The van der Waals surface area contributed by atoms with Crippen LogP contribution in [0.3, 0.4) is 0 Å². The third-order valence-corrected chi connectivity index (χ3v) is 2.91. The number of rotatable bonds is 8. The van der Waals surface area contributed by atoms with Crippen LogP contribution in [0.2, 0.25) is 0 Å². The maximum absolute atomic E-state index is 12.0. The minimum atomic E-state index is -1.08. The number of nitrogens with one attached hydrogen (secondary N) is 2. The lowest BCUT2D eigenvalue weighted by molar-refractivity contribution is -0.112. The SMILES string of the molecule is CN(C)CCCN/C=C(/C#N)C(=O)Nc1cccc(C(=O)O)c1. The molecule has 0 heterocycles. The van der Waals surface area contributed by atoms with Gasteiger partial charge in [-0.1, -0.05) is 6.07 Å². The number of carboxylic acids is 1. The lowest BCUT2D eigenvalue weighted by atomic mass is 10.2. The Hall–Kier alpha value is -2.85. The van der Waals surface area contributed by atoms with Crippen LogP contribution in [0.1, 0.15) is 16.8 Å². The van der Waals surface area contributed by atoms with E-state index in [2.05, 4.69) is 10.6 Å². The van der Waals surface area contributed by atoms with E-state index in [9.17, 15) is 9.59 Å². The van der Waals surface area contributed by atoms with Gasteiger partial charge in [0.15, 0.2) is 0 Å². The molecule has 1 aromatic rings. The van der Waals surface area contributed by atoms with Gasteiger partial charge < -0.3 is 20.6 Å². The van der Waals surface area contributed by atoms with Crippen LogP contribution in [0.15, 0.2) is 36.0 Å². The van der Waals surface area contributed by atoms with Crippen LogP contribution in [-0.2, 0) is 4.79 Å². The van der Waals surface area contributed by atoms with Crippen molar-refractivity contribution in [3.8, 4) is 6.07 Å². The van der Waals surface area contributed by atoms with Gasteiger partial charge in [0.1, 0.15) is 11.6 Å². The van der Waals surface area contributed by atoms with Crippen molar-refractivity contribution in [1.29, 1.82) is 5.26 Å². The molecule has 0 aliphatic carbocycles. The Labute approximate surface area is 135 Å². The molecule has 7 nitrogen and oxygen atoms in total. The number of hydrogen-bond acceptors (Lipinski definition) is 5. The molecule has 7 heteroatoms. The summed E-state index contributed by atoms with van der Waals surface area (Å²) in [4.78, 5) is 24.9. The van der Waals surface area contributed by atoms with Gasteiger partial charge in [-0.15, -0.1) is 0 Å². The average Bonchev–Trinajstić information content (AvgIpc) is 2.50. The van der Waals surface area contributed by atoms with Crippen molar-refractivity contribution in [3.63, 3.8) is 0 Å². The summed E-state index contributed by atoms with van der Waals surface area (Å²) in [6.07, 6.45) is 2.25. The van der Waals surface area contributed by atoms with Crippen molar-refractivity contribution in [2.45, 2.75) is 6.42 Å². The number of nitriles is 1. The highest BCUT2D eigenvalue weighted by atomic mass is 16.4. The molecule has 0 spiro atoms. The van der Waals surface area contributed by atoms with Gasteiger partial charge in [0.05, 0.1) is 5.56 Å². The number of aromatic carboxylic acids is 1. The van der Waals surface area contributed by atoms with Crippen LogP contribution < -0.4 is 10.6 Å². The molecule has 0 bridgehead atoms. The number of carbonyl (C=O) groups excluding carboxylic acids is 1. The first kappa shape index (κ1) is 18.2. The zero-order valence-electron chi connectivity index (χ0n) is 13.2. The summed E-state index contributed by atoms with van der Waals surface area (Å²) in [6, 6.07) is 7.66. The van der Waals surface area contributed by atoms with E-state index in [-0.39, 0.29) is 11.1 Å². The van der Waals surface area contributed by atoms with Gasteiger partial charge in [0.25, 0.3) is 5.91 Å². The van der Waals surface area contributed by atoms with E-state index in [0.717, 1.165) is 13.0 Å². The van der Waals surface area contributed by atoms with Gasteiger partial charge in [0.2, 0.25) is 0 Å². The summed E-state index contributed by atoms with van der Waals surface area (Å²) in [5.41, 5.74) is 0.311. The molecule has 0 aromatic heterocycles. The molecule has 23 heavy (non-hydrogen) atoms. The van der Waals surface area contributed by atoms with E-state index in [1.165, 1.54) is 24.4 Å². The summed E-state index contributed by atoms with van der Waals surface area (Å²) >= 11 is 0. The number of nitrogens with zero attached hydrogens (tertiary/aromatic N) is 2. The standard InChI is InChI=1S/C16H20N4O3/c1-20(2)8-4-7-18-11-13(10-17)15(21)19-14-6-3-5-12(9-14)16(22)23/h3,5-6,9,11,18H,4,7-8H2,1-2H3,(H,19,21)(H,22,23)/b13-11-. The number of anilines is 1. The fourth-order valence-electron chi connectivity index (χ4n) is 1.75. The first-order chi connectivity index (χ1) is 10.9. The van der Waals surface area contributed by atoms with Gasteiger partial charge in [-0.25, -0.2) is 4.79 Å². The maximum atomic E-state index is 12.0. The van der Waals surface area contributed by atoms with Crippen molar-refractivity contribution in [3.05, 3.63) is 41.6 Å². The van der Waals surface area contributed by atoms with E-state index in [1.807, 2.05) is 25.1 Å².